The lowest BCUT2D eigenvalue weighted by Gasteiger charge is -2.19. The minimum absolute atomic E-state index is 0.516. The zero-order valence-electron chi connectivity index (χ0n) is 11.2. The molecule has 0 radical (unpaired) electrons. The van der Waals surface area contributed by atoms with Gasteiger partial charge in [0.2, 0.25) is 5.88 Å². The van der Waals surface area contributed by atoms with E-state index in [4.69, 9.17) is 10.5 Å². The van der Waals surface area contributed by atoms with Crippen molar-refractivity contribution in [2.45, 2.75) is 33.1 Å². The van der Waals surface area contributed by atoms with Gasteiger partial charge in [-0.25, -0.2) is 4.98 Å². The first-order valence-electron chi connectivity index (χ1n) is 6.74. The molecule has 1 unspecified atom stereocenters. The first-order valence-corrected chi connectivity index (χ1v) is 6.74. The fourth-order valence-electron chi connectivity index (χ4n) is 2.29. The average Bonchev–Trinajstić information content (AvgIpc) is 2.86. The number of hydrogen-bond donors (Lipinski definition) is 1. The molecular formula is C13H22N4O. The lowest BCUT2D eigenvalue weighted by molar-refractivity contribution is 0.306. The largest absolute Gasteiger partial charge is 0.476 e. The highest BCUT2D eigenvalue weighted by Crippen LogP contribution is 2.32. The predicted octanol–water partition coefficient (Wildman–Crippen LogP) is 2.08. The molecule has 1 aromatic rings. The molecule has 18 heavy (non-hydrogen) atoms. The third-order valence-corrected chi connectivity index (χ3v) is 3.43. The number of ether oxygens (including phenoxy) is 1. The summed E-state index contributed by atoms with van der Waals surface area (Å²) in [5.74, 6) is 2.09. The van der Waals surface area contributed by atoms with Gasteiger partial charge in [-0.1, -0.05) is 20.3 Å². The first-order chi connectivity index (χ1) is 8.76. The zero-order valence-corrected chi connectivity index (χ0v) is 11.2. The van der Waals surface area contributed by atoms with E-state index in [1.165, 1.54) is 19.2 Å². The van der Waals surface area contributed by atoms with Gasteiger partial charge in [0.1, 0.15) is 12.0 Å². The van der Waals surface area contributed by atoms with E-state index in [1.54, 1.807) is 0 Å². The van der Waals surface area contributed by atoms with E-state index in [1.807, 2.05) is 0 Å². The van der Waals surface area contributed by atoms with Gasteiger partial charge in [-0.2, -0.15) is 4.98 Å². The van der Waals surface area contributed by atoms with Crippen LogP contribution in [0.2, 0.25) is 0 Å². The summed E-state index contributed by atoms with van der Waals surface area (Å²) in [6.07, 6.45) is 4.90. The van der Waals surface area contributed by atoms with E-state index in [-0.39, 0.29) is 0 Å². The van der Waals surface area contributed by atoms with Crippen LogP contribution in [0.15, 0.2) is 6.33 Å². The van der Waals surface area contributed by atoms with Crippen LogP contribution in [-0.2, 0) is 0 Å². The van der Waals surface area contributed by atoms with Gasteiger partial charge >= 0.3 is 0 Å². The number of rotatable bonds is 5. The molecule has 1 saturated heterocycles. The quantitative estimate of drug-likeness (QED) is 0.866. The smallest absolute Gasteiger partial charge is 0.242 e. The van der Waals surface area contributed by atoms with Crippen molar-refractivity contribution in [2.24, 2.45) is 5.92 Å². The molecule has 2 N–H and O–H groups in total. The van der Waals surface area contributed by atoms with Gasteiger partial charge in [-0.15, -0.1) is 0 Å². The molecule has 0 aliphatic carbocycles. The highest BCUT2D eigenvalue weighted by molar-refractivity contribution is 5.68. The molecule has 0 spiro atoms. The Morgan fingerprint density at radius 1 is 1.44 bits per heavy atom. The van der Waals surface area contributed by atoms with Crippen molar-refractivity contribution in [1.82, 2.24) is 9.97 Å². The number of hydrogen-bond acceptors (Lipinski definition) is 5. The minimum Gasteiger partial charge on any atom is -0.476 e. The average molecular weight is 250 g/mol. The summed E-state index contributed by atoms with van der Waals surface area (Å²) < 4.78 is 5.54. The van der Waals surface area contributed by atoms with Gasteiger partial charge in [-0.3, -0.25) is 0 Å². The number of nitrogen functional groups attached to an aromatic ring is 1. The summed E-state index contributed by atoms with van der Waals surface area (Å²) in [5.41, 5.74) is 6.67. The topological polar surface area (TPSA) is 64.3 Å². The Labute approximate surface area is 108 Å². The molecule has 0 saturated carbocycles. The first kappa shape index (κ1) is 12.9. The molecule has 5 nitrogen and oxygen atoms in total. The molecule has 1 aromatic heterocycles. The third kappa shape index (κ3) is 2.66. The Hall–Kier alpha value is -1.52. The molecule has 0 bridgehead atoms. The predicted molar refractivity (Wildman–Crippen MR) is 72.8 cm³/mol. The maximum atomic E-state index is 6.10. The molecule has 5 heteroatoms. The summed E-state index contributed by atoms with van der Waals surface area (Å²) in [5, 5.41) is 0. The normalized spacial score (nSPS) is 19.2. The second kappa shape index (κ2) is 5.89. The van der Waals surface area contributed by atoms with Gasteiger partial charge in [0.15, 0.2) is 5.82 Å². The van der Waals surface area contributed by atoms with Crippen LogP contribution < -0.4 is 15.4 Å². The van der Waals surface area contributed by atoms with Gasteiger partial charge in [0.25, 0.3) is 0 Å². The molecule has 2 rings (SSSR count). The summed E-state index contributed by atoms with van der Waals surface area (Å²) in [6, 6.07) is 0. The Morgan fingerprint density at radius 2 is 2.28 bits per heavy atom. The Bertz CT molecular complexity index is 397. The minimum atomic E-state index is 0.516. The highest BCUT2D eigenvalue weighted by atomic mass is 16.5. The van der Waals surface area contributed by atoms with Crippen molar-refractivity contribution in [1.29, 1.82) is 0 Å². The van der Waals surface area contributed by atoms with Gasteiger partial charge in [0.05, 0.1) is 6.61 Å². The molecule has 0 amide bonds. The van der Waals surface area contributed by atoms with E-state index in [2.05, 4.69) is 28.7 Å². The van der Waals surface area contributed by atoms with Gasteiger partial charge < -0.3 is 15.4 Å². The van der Waals surface area contributed by atoms with Crippen LogP contribution in [0.25, 0.3) is 0 Å². The molecule has 1 atom stereocenters. The fraction of sp³-hybridized carbons (Fsp3) is 0.692. The molecule has 1 fully saturated rings. The number of nitrogens with zero attached hydrogens (tertiary/aromatic N) is 3. The van der Waals surface area contributed by atoms with E-state index in [0.29, 0.717) is 18.2 Å². The van der Waals surface area contributed by atoms with Crippen LogP contribution in [0.4, 0.5) is 11.5 Å². The van der Waals surface area contributed by atoms with Crippen LogP contribution in [-0.4, -0.2) is 29.7 Å². The van der Waals surface area contributed by atoms with E-state index >= 15 is 0 Å². The monoisotopic (exact) mass is 250 g/mol. The van der Waals surface area contributed by atoms with Gasteiger partial charge in [-0.05, 0) is 18.8 Å². The summed E-state index contributed by atoms with van der Waals surface area (Å²) in [6.45, 7) is 6.98. The maximum Gasteiger partial charge on any atom is 0.242 e. The third-order valence-electron chi connectivity index (χ3n) is 3.43. The van der Waals surface area contributed by atoms with Crippen molar-refractivity contribution in [2.75, 3.05) is 30.3 Å². The molecule has 2 heterocycles. The molecule has 100 valence electrons. The molecule has 1 aliphatic rings. The summed E-state index contributed by atoms with van der Waals surface area (Å²) in [4.78, 5) is 10.6. The Balaban J connectivity index is 2.13. The van der Waals surface area contributed by atoms with Crippen LogP contribution in [0.5, 0.6) is 5.88 Å². The summed E-state index contributed by atoms with van der Waals surface area (Å²) in [7, 11) is 0. The molecule has 1 aliphatic heterocycles. The van der Waals surface area contributed by atoms with E-state index in [9.17, 15) is 0 Å². The zero-order chi connectivity index (χ0) is 13.0. The Kier molecular flexibility index (Phi) is 4.23. The van der Waals surface area contributed by atoms with Crippen LogP contribution >= 0.6 is 0 Å². The second-order valence-corrected chi connectivity index (χ2v) is 4.77. The van der Waals surface area contributed by atoms with Crippen molar-refractivity contribution in [3.8, 4) is 5.88 Å². The fourth-order valence-corrected chi connectivity index (χ4v) is 2.29. The molecular weight excluding hydrogens is 228 g/mol. The molecule has 0 aromatic carbocycles. The van der Waals surface area contributed by atoms with Gasteiger partial charge in [0, 0.05) is 13.1 Å². The lowest BCUT2D eigenvalue weighted by atomic mass is 10.1. The van der Waals surface area contributed by atoms with Crippen LogP contribution in [0, 0.1) is 5.92 Å². The summed E-state index contributed by atoms with van der Waals surface area (Å²) >= 11 is 0. The Morgan fingerprint density at radius 3 is 2.94 bits per heavy atom. The van der Waals surface area contributed by atoms with Crippen LogP contribution in [0.1, 0.15) is 33.1 Å². The number of nitrogens with two attached hydrogens (primary N) is 1. The standard InChI is InChI=1S/C13H22N4O/c1-3-7-18-13-11(14)12(15-9-16-13)17-6-5-10(4-2)8-17/h9-10H,3-8,14H2,1-2H3. The van der Waals surface area contributed by atoms with E-state index < -0.39 is 0 Å². The van der Waals surface area contributed by atoms with Crippen LogP contribution in [0.3, 0.4) is 0 Å². The van der Waals surface area contributed by atoms with Crippen molar-refractivity contribution in [3.63, 3.8) is 0 Å². The van der Waals surface area contributed by atoms with E-state index in [0.717, 1.165) is 31.2 Å². The highest BCUT2D eigenvalue weighted by Gasteiger charge is 2.24. The van der Waals surface area contributed by atoms with Crippen molar-refractivity contribution < 1.29 is 4.74 Å². The van der Waals surface area contributed by atoms with Crippen molar-refractivity contribution >= 4 is 11.5 Å². The maximum absolute atomic E-state index is 6.10. The lowest BCUT2D eigenvalue weighted by Crippen LogP contribution is -2.22. The van der Waals surface area contributed by atoms with Crippen molar-refractivity contribution in [3.05, 3.63) is 6.33 Å². The SMILES string of the molecule is CCCOc1ncnc(N2CCC(CC)C2)c1N. The number of anilines is 2. The second-order valence-electron chi connectivity index (χ2n) is 4.77. The number of aromatic nitrogens is 2.